The second-order valence-electron chi connectivity index (χ2n) is 5.09. The van der Waals surface area contributed by atoms with Gasteiger partial charge in [0.05, 0.1) is 0 Å². The first-order valence-electron chi connectivity index (χ1n) is 6.10. The third-order valence-corrected chi connectivity index (χ3v) is 2.76. The van der Waals surface area contributed by atoms with E-state index in [2.05, 4.69) is 47.3 Å². The van der Waals surface area contributed by atoms with E-state index in [1.807, 2.05) is 6.08 Å². The van der Waals surface area contributed by atoms with Gasteiger partial charge in [0, 0.05) is 0 Å². The standard InChI is InChI=1S/C15H26O/c1-7-14(9-8-13(6)16)15(12(4)5)10-11(2)3/h7-9,11-12,15-16H,6,10H2,1-5H3/b9-8-,14-7+. The van der Waals surface area contributed by atoms with Crippen LogP contribution in [0.2, 0.25) is 0 Å². The lowest BCUT2D eigenvalue weighted by Crippen LogP contribution is -2.13. The van der Waals surface area contributed by atoms with Crippen LogP contribution in [-0.2, 0) is 0 Å². The Bertz CT molecular complexity index is 269. The molecule has 1 nitrogen and oxygen atoms in total. The summed E-state index contributed by atoms with van der Waals surface area (Å²) < 4.78 is 0. The van der Waals surface area contributed by atoms with E-state index in [9.17, 15) is 0 Å². The molecule has 0 aromatic heterocycles. The average molecular weight is 222 g/mol. The lowest BCUT2D eigenvalue weighted by Gasteiger charge is -2.24. The van der Waals surface area contributed by atoms with E-state index >= 15 is 0 Å². The Labute approximate surface area is 101 Å². The summed E-state index contributed by atoms with van der Waals surface area (Å²) in [5.41, 5.74) is 1.29. The van der Waals surface area contributed by atoms with Crippen LogP contribution in [0.3, 0.4) is 0 Å². The highest BCUT2D eigenvalue weighted by Gasteiger charge is 2.17. The van der Waals surface area contributed by atoms with Crippen molar-refractivity contribution in [2.75, 3.05) is 0 Å². The normalized spacial score (nSPS) is 15.1. The van der Waals surface area contributed by atoms with E-state index in [0.717, 1.165) is 0 Å². The van der Waals surface area contributed by atoms with Gasteiger partial charge in [-0.3, -0.25) is 0 Å². The highest BCUT2D eigenvalue weighted by molar-refractivity contribution is 5.25. The molecule has 0 amide bonds. The number of hydrogen-bond acceptors (Lipinski definition) is 1. The van der Waals surface area contributed by atoms with E-state index in [0.29, 0.717) is 17.8 Å². The molecule has 0 rings (SSSR count). The van der Waals surface area contributed by atoms with Crippen LogP contribution in [-0.4, -0.2) is 5.11 Å². The van der Waals surface area contributed by atoms with Crippen LogP contribution in [0.25, 0.3) is 0 Å². The van der Waals surface area contributed by atoms with E-state index in [-0.39, 0.29) is 5.76 Å². The molecule has 0 aliphatic carbocycles. The lowest BCUT2D eigenvalue weighted by atomic mass is 9.81. The van der Waals surface area contributed by atoms with Crippen LogP contribution in [0.4, 0.5) is 0 Å². The highest BCUT2D eigenvalue weighted by atomic mass is 16.3. The summed E-state index contributed by atoms with van der Waals surface area (Å²) in [4.78, 5) is 0. The molecule has 0 radical (unpaired) electrons. The molecule has 1 N–H and O–H groups in total. The minimum absolute atomic E-state index is 0.117. The van der Waals surface area contributed by atoms with Crippen molar-refractivity contribution in [1.82, 2.24) is 0 Å². The van der Waals surface area contributed by atoms with Crippen molar-refractivity contribution in [2.45, 2.75) is 41.0 Å². The molecule has 16 heavy (non-hydrogen) atoms. The fourth-order valence-electron chi connectivity index (χ4n) is 1.93. The molecule has 0 aromatic carbocycles. The predicted molar refractivity (Wildman–Crippen MR) is 72.4 cm³/mol. The monoisotopic (exact) mass is 222 g/mol. The molecule has 0 aliphatic heterocycles. The first kappa shape index (κ1) is 15.0. The number of aliphatic hydroxyl groups excluding tert-OH is 1. The SMILES string of the molecule is C=C(O)/C=C\C(=C/C)C(CC(C)C)C(C)C. The van der Waals surface area contributed by atoms with Crippen LogP contribution in [0.15, 0.2) is 36.1 Å². The Kier molecular flexibility index (Phi) is 6.87. The maximum absolute atomic E-state index is 9.09. The number of allylic oxidation sites excluding steroid dienone is 4. The average Bonchev–Trinajstić information content (AvgIpc) is 2.15. The molecule has 0 aliphatic rings. The van der Waals surface area contributed by atoms with Crippen molar-refractivity contribution in [3.05, 3.63) is 36.1 Å². The third-order valence-electron chi connectivity index (χ3n) is 2.76. The fraction of sp³-hybridized carbons (Fsp3) is 0.600. The molecule has 0 bridgehead atoms. The fourth-order valence-corrected chi connectivity index (χ4v) is 1.93. The molecule has 1 atom stereocenters. The predicted octanol–water partition coefficient (Wildman–Crippen LogP) is 4.88. The molecular formula is C15H26O. The zero-order chi connectivity index (χ0) is 12.7. The molecule has 0 saturated carbocycles. The summed E-state index contributed by atoms with van der Waals surface area (Å²) >= 11 is 0. The zero-order valence-electron chi connectivity index (χ0n) is 11.3. The van der Waals surface area contributed by atoms with Crippen molar-refractivity contribution in [1.29, 1.82) is 0 Å². The van der Waals surface area contributed by atoms with Gasteiger partial charge >= 0.3 is 0 Å². The molecule has 1 heteroatoms. The van der Waals surface area contributed by atoms with Gasteiger partial charge in [-0.25, -0.2) is 0 Å². The van der Waals surface area contributed by atoms with Crippen LogP contribution in [0.5, 0.6) is 0 Å². The van der Waals surface area contributed by atoms with Crippen LogP contribution >= 0.6 is 0 Å². The summed E-state index contributed by atoms with van der Waals surface area (Å²) in [6.45, 7) is 14.5. The molecular weight excluding hydrogens is 196 g/mol. The molecule has 0 aromatic rings. The minimum Gasteiger partial charge on any atom is -0.509 e. The second-order valence-corrected chi connectivity index (χ2v) is 5.09. The molecule has 1 unspecified atom stereocenters. The van der Waals surface area contributed by atoms with Gasteiger partial charge in [0.15, 0.2) is 0 Å². The Balaban J connectivity index is 4.80. The van der Waals surface area contributed by atoms with E-state index in [1.54, 1.807) is 6.08 Å². The number of aliphatic hydroxyl groups is 1. The Hall–Kier alpha value is -0.980. The van der Waals surface area contributed by atoms with Gasteiger partial charge < -0.3 is 5.11 Å². The van der Waals surface area contributed by atoms with Gasteiger partial charge in [0.1, 0.15) is 5.76 Å². The largest absolute Gasteiger partial charge is 0.509 e. The molecule has 0 heterocycles. The second kappa shape index (κ2) is 7.32. The minimum atomic E-state index is 0.117. The summed E-state index contributed by atoms with van der Waals surface area (Å²) in [6.07, 6.45) is 6.96. The molecule has 0 spiro atoms. The quantitative estimate of drug-likeness (QED) is 0.501. The van der Waals surface area contributed by atoms with Crippen molar-refractivity contribution >= 4 is 0 Å². The van der Waals surface area contributed by atoms with Gasteiger partial charge in [-0.05, 0) is 42.7 Å². The summed E-state index contributed by atoms with van der Waals surface area (Å²) in [6, 6.07) is 0. The van der Waals surface area contributed by atoms with Crippen LogP contribution in [0.1, 0.15) is 41.0 Å². The Morgan fingerprint density at radius 2 is 1.75 bits per heavy atom. The van der Waals surface area contributed by atoms with Gasteiger partial charge in [0.25, 0.3) is 0 Å². The third kappa shape index (κ3) is 5.79. The van der Waals surface area contributed by atoms with Crippen LogP contribution < -0.4 is 0 Å². The Morgan fingerprint density at radius 3 is 2.06 bits per heavy atom. The number of hydrogen-bond donors (Lipinski definition) is 1. The topological polar surface area (TPSA) is 20.2 Å². The maximum Gasteiger partial charge on any atom is 0.108 e. The maximum atomic E-state index is 9.09. The van der Waals surface area contributed by atoms with E-state index in [4.69, 9.17) is 5.11 Å². The Morgan fingerprint density at radius 1 is 1.19 bits per heavy atom. The summed E-state index contributed by atoms with van der Waals surface area (Å²) in [5.74, 6) is 1.98. The summed E-state index contributed by atoms with van der Waals surface area (Å²) in [5, 5.41) is 9.09. The molecule has 0 fully saturated rings. The van der Waals surface area contributed by atoms with Crippen molar-refractivity contribution in [3.63, 3.8) is 0 Å². The van der Waals surface area contributed by atoms with Gasteiger partial charge in [-0.15, -0.1) is 0 Å². The first-order valence-corrected chi connectivity index (χ1v) is 6.10. The van der Waals surface area contributed by atoms with Crippen molar-refractivity contribution in [2.24, 2.45) is 17.8 Å². The summed E-state index contributed by atoms with van der Waals surface area (Å²) in [7, 11) is 0. The lowest BCUT2D eigenvalue weighted by molar-refractivity contribution is 0.368. The van der Waals surface area contributed by atoms with Crippen molar-refractivity contribution in [3.8, 4) is 0 Å². The van der Waals surface area contributed by atoms with E-state index in [1.165, 1.54) is 12.0 Å². The number of rotatable bonds is 6. The van der Waals surface area contributed by atoms with Gasteiger partial charge in [-0.2, -0.15) is 0 Å². The zero-order valence-corrected chi connectivity index (χ0v) is 11.3. The van der Waals surface area contributed by atoms with Crippen LogP contribution in [0, 0.1) is 17.8 Å². The first-order chi connectivity index (χ1) is 7.38. The van der Waals surface area contributed by atoms with Crippen molar-refractivity contribution < 1.29 is 5.11 Å². The molecule has 92 valence electrons. The molecule has 0 saturated heterocycles. The smallest absolute Gasteiger partial charge is 0.108 e. The van der Waals surface area contributed by atoms with E-state index < -0.39 is 0 Å². The highest BCUT2D eigenvalue weighted by Crippen LogP contribution is 2.28. The van der Waals surface area contributed by atoms with Gasteiger partial charge in [0.2, 0.25) is 0 Å². The van der Waals surface area contributed by atoms with Gasteiger partial charge in [-0.1, -0.05) is 46.4 Å².